The molecule has 0 atom stereocenters. The Morgan fingerprint density at radius 2 is 0.962 bits per heavy atom. The molecule has 0 aromatic rings. The fourth-order valence-electron chi connectivity index (χ4n) is 1.99. The van der Waals surface area contributed by atoms with E-state index in [0.29, 0.717) is 6.42 Å². The molecule has 0 aromatic heterocycles. The summed E-state index contributed by atoms with van der Waals surface area (Å²) in [5.41, 5.74) is -0.682. The summed E-state index contributed by atoms with van der Waals surface area (Å²) >= 11 is 0. The molecule has 26 heavy (non-hydrogen) atoms. The van der Waals surface area contributed by atoms with Gasteiger partial charge in [-0.2, -0.15) is 0 Å². The zero-order valence-corrected chi connectivity index (χ0v) is 16.7. The van der Waals surface area contributed by atoms with E-state index in [2.05, 4.69) is 67.7 Å². The zero-order valence-electron chi connectivity index (χ0n) is 16.7. The Kier molecular flexibility index (Phi) is 15.1. The van der Waals surface area contributed by atoms with Gasteiger partial charge in [-0.1, -0.05) is 79.8 Å². The minimum absolute atomic E-state index is 0.563. The minimum Gasteiger partial charge on any atom is -0.481 e. The van der Waals surface area contributed by atoms with Crippen LogP contribution in [0.15, 0.2) is 72.9 Å². The fraction of sp³-hybridized carbons (Fsp3) is 0.458. The predicted octanol–water partition coefficient (Wildman–Crippen LogP) is 7.19. The highest BCUT2D eigenvalue weighted by Crippen LogP contribution is 2.20. The van der Waals surface area contributed by atoms with Crippen LogP contribution in [-0.2, 0) is 4.79 Å². The van der Waals surface area contributed by atoms with Crippen molar-refractivity contribution in [2.24, 2.45) is 5.41 Å². The predicted molar refractivity (Wildman–Crippen MR) is 114 cm³/mol. The van der Waals surface area contributed by atoms with Crippen LogP contribution in [-0.4, -0.2) is 11.1 Å². The van der Waals surface area contributed by atoms with Crippen molar-refractivity contribution >= 4 is 5.97 Å². The Bertz CT molecular complexity index is 528. The fourth-order valence-corrected chi connectivity index (χ4v) is 1.99. The minimum atomic E-state index is -0.753. The van der Waals surface area contributed by atoms with Crippen molar-refractivity contribution in [1.82, 2.24) is 0 Å². The molecule has 0 saturated heterocycles. The summed E-state index contributed by atoms with van der Waals surface area (Å²) in [6.45, 7) is 5.64. The molecule has 0 radical (unpaired) electrons. The molecule has 2 nitrogen and oxygen atoms in total. The standard InChI is InChI=1S/C24H36O2/c1-4-5-6-7-8-9-10-11-12-13-14-15-16-17-18-19-20-21-22-24(2,3)23(25)26/h5-6,8-9,11-12,14-15,17-18,20-21H,4,7,10,13,16,19,22H2,1-3H3,(H,25,26)/b6-5-,9-8-,12-11-,15-14-,18-17-,21-20-. The van der Waals surface area contributed by atoms with Crippen molar-refractivity contribution in [1.29, 1.82) is 0 Å². The molecule has 0 heterocycles. The Labute approximate surface area is 160 Å². The van der Waals surface area contributed by atoms with Crippen molar-refractivity contribution in [2.75, 3.05) is 0 Å². The van der Waals surface area contributed by atoms with Gasteiger partial charge in [-0.25, -0.2) is 0 Å². The number of carboxylic acids is 1. The molecule has 144 valence electrons. The van der Waals surface area contributed by atoms with E-state index < -0.39 is 11.4 Å². The summed E-state index contributed by atoms with van der Waals surface area (Å²) in [6, 6.07) is 0. The molecule has 0 aliphatic rings. The maximum absolute atomic E-state index is 11.0. The smallest absolute Gasteiger partial charge is 0.309 e. The van der Waals surface area contributed by atoms with Gasteiger partial charge in [0.15, 0.2) is 0 Å². The maximum Gasteiger partial charge on any atom is 0.309 e. The third-order valence-corrected chi connectivity index (χ3v) is 3.80. The van der Waals surface area contributed by atoms with Crippen LogP contribution in [0, 0.1) is 5.41 Å². The lowest BCUT2D eigenvalue weighted by Gasteiger charge is -2.15. The normalized spacial score (nSPS) is 13.7. The van der Waals surface area contributed by atoms with Crippen molar-refractivity contribution < 1.29 is 9.90 Å². The van der Waals surface area contributed by atoms with Gasteiger partial charge >= 0.3 is 5.97 Å². The highest BCUT2D eigenvalue weighted by Gasteiger charge is 2.24. The Morgan fingerprint density at radius 3 is 1.27 bits per heavy atom. The number of carboxylic acid groups (broad SMARTS) is 1. The molecule has 0 aliphatic carbocycles. The summed E-state index contributed by atoms with van der Waals surface area (Å²) in [7, 11) is 0. The summed E-state index contributed by atoms with van der Waals surface area (Å²) in [4.78, 5) is 11.0. The molecule has 0 bridgehead atoms. The summed E-state index contributed by atoms with van der Waals surface area (Å²) < 4.78 is 0. The van der Waals surface area contributed by atoms with Crippen LogP contribution in [0.4, 0.5) is 0 Å². The number of hydrogen-bond donors (Lipinski definition) is 1. The Balaban J connectivity index is 3.69. The molecule has 0 aliphatic heterocycles. The van der Waals surface area contributed by atoms with E-state index in [4.69, 9.17) is 5.11 Å². The van der Waals surface area contributed by atoms with Gasteiger partial charge in [-0.3, -0.25) is 4.79 Å². The highest BCUT2D eigenvalue weighted by atomic mass is 16.4. The first kappa shape index (κ1) is 23.9. The van der Waals surface area contributed by atoms with Crippen LogP contribution >= 0.6 is 0 Å². The van der Waals surface area contributed by atoms with Crippen LogP contribution in [0.5, 0.6) is 0 Å². The van der Waals surface area contributed by atoms with E-state index >= 15 is 0 Å². The number of rotatable bonds is 14. The van der Waals surface area contributed by atoms with Crippen LogP contribution in [0.2, 0.25) is 0 Å². The maximum atomic E-state index is 11.0. The second kappa shape index (κ2) is 16.4. The monoisotopic (exact) mass is 356 g/mol. The van der Waals surface area contributed by atoms with Gasteiger partial charge in [0.1, 0.15) is 0 Å². The van der Waals surface area contributed by atoms with Gasteiger partial charge in [-0.15, -0.1) is 0 Å². The van der Waals surface area contributed by atoms with Crippen molar-refractivity contribution in [2.45, 2.75) is 65.7 Å². The van der Waals surface area contributed by atoms with E-state index in [9.17, 15) is 4.79 Å². The molecule has 0 rings (SSSR count). The molecule has 1 N–H and O–H groups in total. The van der Waals surface area contributed by atoms with Crippen molar-refractivity contribution in [3.63, 3.8) is 0 Å². The largest absolute Gasteiger partial charge is 0.481 e. The second-order valence-corrected chi connectivity index (χ2v) is 6.81. The van der Waals surface area contributed by atoms with Gasteiger partial charge in [0, 0.05) is 0 Å². The average molecular weight is 357 g/mol. The summed E-state index contributed by atoms with van der Waals surface area (Å²) in [6.07, 6.45) is 32.2. The average Bonchev–Trinajstić information content (AvgIpc) is 2.60. The molecule has 2 heteroatoms. The van der Waals surface area contributed by atoms with Gasteiger partial charge in [-0.05, 0) is 58.8 Å². The van der Waals surface area contributed by atoms with Gasteiger partial charge in [0.2, 0.25) is 0 Å². The second-order valence-electron chi connectivity index (χ2n) is 6.81. The van der Waals surface area contributed by atoms with Gasteiger partial charge in [0.25, 0.3) is 0 Å². The van der Waals surface area contributed by atoms with Crippen LogP contribution in [0.1, 0.15) is 65.7 Å². The van der Waals surface area contributed by atoms with Crippen molar-refractivity contribution in [3.05, 3.63) is 72.9 Å². The van der Waals surface area contributed by atoms with Crippen LogP contribution < -0.4 is 0 Å². The molecule has 0 aromatic carbocycles. The molecule has 0 spiro atoms. The summed E-state index contributed by atoms with van der Waals surface area (Å²) in [5.74, 6) is -0.753. The van der Waals surface area contributed by atoms with Crippen LogP contribution in [0.3, 0.4) is 0 Å². The topological polar surface area (TPSA) is 37.3 Å². The Hall–Kier alpha value is -2.09. The number of carbonyl (C=O) groups is 1. The lowest BCUT2D eigenvalue weighted by atomic mass is 9.89. The molecule has 0 unspecified atom stereocenters. The first-order chi connectivity index (χ1) is 12.5. The lowest BCUT2D eigenvalue weighted by molar-refractivity contribution is -0.146. The summed E-state index contributed by atoms with van der Waals surface area (Å²) in [5, 5.41) is 9.02. The molecule has 0 fully saturated rings. The Morgan fingerprint density at radius 1 is 0.654 bits per heavy atom. The van der Waals surface area contributed by atoms with E-state index in [1.54, 1.807) is 13.8 Å². The van der Waals surface area contributed by atoms with E-state index in [1.807, 2.05) is 12.2 Å². The number of aliphatic carboxylic acids is 1. The quantitative estimate of drug-likeness (QED) is 0.334. The molecular formula is C24H36O2. The number of hydrogen-bond acceptors (Lipinski definition) is 1. The number of allylic oxidation sites excluding steroid dienone is 12. The first-order valence-electron chi connectivity index (χ1n) is 9.64. The highest BCUT2D eigenvalue weighted by molar-refractivity contribution is 5.73. The zero-order chi connectivity index (χ0) is 19.5. The first-order valence-corrected chi connectivity index (χ1v) is 9.64. The van der Waals surface area contributed by atoms with Gasteiger partial charge < -0.3 is 5.11 Å². The van der Waals surface area contributed by atoms with E-state index in [0.717, 1.165) is 38.5 Å². The van der Waals surface area contributed by atoms with Crippen molar-refractivity contribution in [3.8, 4) is 0 Å². The molecule has 0 amide bonds. The lowest BCUT2D eigenvalue weighted by Crippen LogP contribution is -2.22. The van der Waals surface area contributed by atoms with Gasteiger partial charge in [0.05, 0.1) is 5.41 Å². The third kappa shape index (κ3) is 15.4. The molecule has 0 saturated carbocycles. The van der Waals surface area contributed by atoms with E-state index in [1.165, 1.54) is 0 Å². The van der Waals surface area contributed by atoms with Crippen LogP contribution in [0.25, 0.3) is 0 Å². The third-order valence-electron chi connectivity index (χ3n) is 3.80. The SMILES string of the molecule is CC/C=C\C/C=C\C/C=C\C/C=C\C/C=C\C/C=C\CC(C)(C)C(=O)O. The van der Waals surface area contributed by atoms with E-state index in [-0.39, 0.29) is 0 Å². The molecular weight excluding hydrogens is 320 g/mol.